The van der Waals surface area contributed by atoms with E-state index in [0.717, 1.165) is 52.8 Å². The van der Waals surface area contributed by atoms with Gasteiger partial charge in [-0.3, -0.25) is 34.1 Å². The quantitative estimate of drug-likeness (QED) is 0.0384. The normalized spacial score (nSPS) is 25.4. The summed E-state index contributed by atoms with van der Waals surface area (Å²) in [4.78, 5) is 70.3. The Labute approximate surface area is 438 Å². The van der Waals surface area contributed by atoms with Crippen molar-refractivity contribution in [3.8, 4) is 30.1 Å². The lowest BCUT2D eigenvalue weighted by Gasteiger charge is -2.36. The Balaban J connectivity index is 0.00000289. The van der Waals surface area contributed by atoms with Gasteiger partial charge >= 0.3 is 5.97 Å². The molecule has 7 rings (SSSR count). The summed E-state index contributed by atoms with van der Waals surface area (Å²) in [5, 5.41) is 49.4. The minimum atomic E-state index is -0.928. The smallest absolute Gasteiger partial charge is 0.315 e. The van der Waals surface area contributed by atoms with Gasteiger partial charge < -0.3 is 50.2 Å². The highest BCUT2D eigenvalue weighted by Crippen LogP contribution is 2.45. The summed E-state index contributed by atoms with van der Waals surface area (Å²) in [6, 6.07) is 0. The minimum absolute atomic E-state index is 0.000313. The van der Waals surface area contributed by atoms with Crippen LogP contribution in [-0.4, -0.2) is 144 Å². The lowest BCUT2D eigenvalue weighted by Crippen LogP contribution is -2.43. The molecule has 0 saturated carbocycles. The first kappa shape index (κ1) is 60.9. The second-order valence-electron chi connectivity index (χ2n) is 20.5. The molecule has 6 N–H and O–H groups in total. The molecule has 2 fully saturated rings. The molecule has 4 bridgehead atoms. The van der Waals surface area contributed by atoms with E-state index in [1.54, 1.807) is 39.0 Å². The number of allylic oxidation sites excluding steroid dienone is 5. The zero-order chi connectivity index (χ0) is 54.9. The number of ether oxygens (including phenoxy) is 3. The molecule has 0 radical (unpaired) electrons. The Morgan fingerprint density at radius 2 is 1.61 bits per heavy atom. The minimum Gasteiger partial charge on any atom is -0.507 e. The standard InChI is InChI=1S/C54H78N6O10.C2H2.CH4O/c1-10-69-52-38(9)49(65)44-43-42(52)39(61)18-12-11-16-34(5)51(70-41(63)30-40(62)55-21-14-22-59-25-27-68-28-26-59)37(8)48(64)36(7)29-33(4)15-13-17-35(6)53(67)56-47(50(44)66)46-45(43)57-54(58-46)19-23-60(24-20-54)31-32(2)3;2*1-2/h11-13,15,17,32-34,36-37,48,51,64-66H,10,14,16,18-31H2,1-9H3,(H,55,62)(H,56,67);1-2H;2H,1H3/b12-11+,15-13+,35-17-;;/t33-,34+,36+,37+,48+,51+;;/m0../s1. The van der Waals surface area contributed by atoms with Crippen molar-refractivity contribution in [1.82, 2.24) is 15.1 Å². The van der Waals surface area contributed by atoms with Crippen molar-refractivity contribution >= 4 is 40.0 Å². The Bertz CT molecular complexity index is 2500. The summed E-state index contributed by atoms with van der Waals surface area (Å²) < 4.78 is 17.7. The van der Waals surface area contributed by atoms with Gasteiger partial charge in [0.15, 0.2) is 17.2 Å². The third-order valence-electron chi connectivity index (χ3n) is 14.3. The van der Waals surface area contributed by atoms with E-state index in [1.807, 2.05) is 39.8 Å². The number of likely N-dealkylation sites (tertiary alicyclic amines) is 1. The molecule has 1 spiro atoms. The molecular formula is C57H84N6O11. The molecule has 0 aliphatic carbocycles. The van der Waals surface area contributed by atoms with Gasteiger partial charge in [-0.05, 0) is 70.3 Å². The number of terminal acetylenes is 1. The van der Waals surface area contributed by atoms with Gasteiger partial charge in [-0.15, -0.1) is 12.8 Å². The average Bonchev–Trinajstić information content (AvgIpc) is 3.75. The van der Waals surface area contributed by atoms with Gasteiger partial charge in [-0.2, -0.15) is 0 Å². The molecule has 5 aliphatic rings. The molecule has 2 aromatic carbocycles. The number of piperidine rings is 1. The molecule has 74 heavy (non-hydrogen) atoms. The maximum absolute atomic E-state index is 14.8. The number of morpholine rings is 1. The van der Waals surface area contributed by atoms with Crippen LogP contribution in [0, 0.1) is 49.4 Å². The number of phenols is 2. The molecule has 2 saturated heterocycles. The zero-order valence-electron chi connectivity index (χ0n) is 45.5. The largest absolute Gasteiger partial charge is 0.507 e. The van der Waals surface area contributed by atoms with Gasteiger partial charge in [0.25, 0.3) is 5.91 Å². The Morgan fingerprint density at radius 1 is 0.946 bits per heavy atom. The number of carbonyl (C=O) groups excluding carboxylic acids is 4. The number of hydrogen-bond donors (Lipinski definition) is 6. The molecular weight excluding hydrogens is 945 g/mol. The van der Waals surface area contributed by atoms with E-state index in [0.29, 0.717) is 62.3 Å². The first-order valence-corrected chi connectivity index (χ1v) is 26.3. The third-order valence-corrected chi connectivity index (χ3v) is 14.3. The number of Topliss-reactive ketones (excluding diaryl/α,β-unsaturated/α-hetero) is 1. The first-order chi connectivity index (χ1) is 35.3. The van der Waals surface area contributed by atoms with Crippen LogP contribution in [0.4, 0.5) is 5.69 Å². The summed E-state index contributed by atoms with van der Waals surface area (Å²) >= 11 is 0. The molecule has 5 heterocycles. The SMILES string of the molecule is C#C.CCOc1c(C)c(O)c2c(O)c3c4c(c2c1C(=O)C/C=C/C[C@@H](C)[C@@H](OC(=O)CC(=O)NCCCN1CCOCC1)[C@H](C)[C@H](O)[C@H](C)C[C@@H](C)/C=C/C=C(/C)C(=O)N3)=NC1(CCN(CC(C)C)CC1)N=4.CO. The number of aliphatic hydroxyl groups is 2. The number of amides is 2. The van der Waals surface area contributed by atoms with Crippen LogP contribution in [0.3, 0.4) is 0 Å². The summed E-state index contributed by atoms with van der Waals surface area (Å²) in [5.74, 6) is -3.20. The number of aromatic hydroxyl groups is 2. The molecule has 17 heteroatoms. The van der Waals surface area contributed by atoms with Crippen LogP contribution in [0.5, 0.6) is 17.2 Å². The predicted molar refractivity (Wildman–Crippen MR) is 288 cm³/mol. The van der Waals surface area contributed by atoms with E-state index in [2.05, 4.69) is 47.1 Å². The zero-order valence-corrected chi connectivity index (χ0v) is 45.5. The number of phenolic OH excluding ortho intramolecular Hbond substituents is 2. The van der Waals surface area contributed by atoms with Crippen molar-refractivity contribution in [2.45, 2.75) is 125 Å². The third kappa shape index (κ3) is 15.5. The van der Waals surface area contributed by atoms with Crippen molar-refractivity contribution in [3.63, 3.8) is 0 Å². The Hall–Kier alpha value is -5.64. The van der Waals surface area contributed by atoms with Gasteiger partial charge in [0.2, 0.25) is 5.91 Å². The van der Waals surface area contributed by atoms with E-state index in [9.17, 15) is 34.5 Å². The number of nitrogens with zero attached hydrogens (tertiary/aromatic N) is 4. The second-order valence-corrected chi connectivity index (χ2v) is 20.5. The molecule has 0 aromatic heterocycles. The Kier molecular flexibility index (Phi) is 23.8. The number of nitrogens with one attached hydrogen (secondary N) is 2. The number of fused-ring (bicyclic) bond motifs is 14. The fourth-order valence-corrected chi connectivity index (χ4v) is 10.4. The van der Waals surface area contributed by atoms with Crippen LogP contribution in [0.15, 0.2) is 45.9 Å². The van der Waals surface area contributed by atoms with E-state index in [1.165, 1.54) is 0 Å². The van der Waals surface area contributed by atoms with Crippen molar-refractivity contribution in [1.29, 1.82) is 0 Å². The number of rotatable bonds is 11. The first-order valence-electron chi connectivity index (χ1n) is 26.3. The number of hydrogen-bond acceptors (Lipinski definition) is 15. The molecule has 408 valence electrons. The van der Waals surface area contributed by atoms with Crippen LogP contribution in [0.25, 0.3) is 10.8 Å². The van der Waals surface area contributed by atoms with Crippen LogP contribution in [-0.2, 0) is 23.9 Å². The molecule has 5 aliphatic heterocycles. The van der Waals surface area contributed by atoms with E-state index in [-0.39, 0.29) is 81.0 Å². The summed E-state index contributed by atoms with van der Waals surface area (Å²) in [6.45, 7) is 24.0. The number of esters is 1. The van der Waals surface area contributed by atoms with Crippen LogP contribution < -0.4 is 26.1 Å². The fraction of sp³-hybridized carbons (Fsp3) is 0.614. The van der Waals surface area contributed by atoms with Crippen LogP contribution >= 0.6 is 0 Å². The second kappa shape index (κ2) is 28.9. The van der Waals surface area contributed by atoms with Gasteiger partial charge in [0.1, 0.15) is 35.1 Å². The topological polar surface area (TPSA) is 232 Å². The molecule has 2 amide bonds. The van der Waals surface area contributed by atoms with Crippen LogP contribution in [0.1, 0.15) is 116 Å². The maximum atomic E-state index is 14.8. The summed E-state index contributed by atoms with van der Waals surface area (Å²) in [5.41, 5.74) is -0.225. The number of benzene rings is 2. The number of ketones is 1. The highest BCUT2D eigenvalue weighted by atomic mass is 16.5. The van der Waals surface area contributed by atoms with Crippen molar-refractivity contribution in [3.05, 3.63) is 57.8 Å². The molecule has 2 aromatic rings. The lowest BCUT2D eigenvalue weighted by atomic mass is 9.80. The van der Waals surface area contributed by atoms with Gasteiger partial charge in [-0.25, -0.2) is 0 Å². The summed E-state index contributed by atoms with van der Waals surface area (Å²) in [7, 11) is 1.00. The van der Waals surface area contributed by atoms with Crippen molar-refractivity contribution in [2.24, 2.45) is 39.6 Å². The molecule has 0 unspecified atom stereocenters. The van der Waals surface area contributed by atoms with Gasteiger partial charge in [0, 0.05) is 88.1 Å². The monoisotopic (exact) mass is 1030 g/mol. The number of carbonyl (C=O) groups is 4. The highest BCUT2D eigenvalue weighted by molar-refractivity contribution is 6.16. The predicted octanol–water partition coefficient (Wildman–Crippen LogP) is 5.93. The van der Waals surface area contributed by atoms with E-state index < -0.39 is 53.7 Å². The fourth-order valence-electron chi connectivity index (χ4n) is 10.4. The summed E-state index contributed by atoms with van der Waals surface area (Å²) in [6.07, 6.45) is 17.6. The van der Waals surface area contributed by atoms with Crippen molar-refractivity contribution in [2.75, 3.05) is 78.1 Å². The van der Waals surface area contributed by atoms with Crippen molar-refractivity contribution < 1.29 is 53.8 Å². The van der Waals surface area contributed by atoms with Gasteiger partial charge in [-0.1, -0.05) is 71.9 Å². The molecule has 17 nitrogen and oxygen atoms in total. The highest BCUT2D eigenvalue weighted by Gasteiger charge is 2.40. The number of anilines is 1. The Morgan fingerprint density at radius 3 is 2.26 bits per heavy atom. The van der Waals surface area contributed by atoms with E-state index in [4.69, 9.17) is 29.3 Å². The molecule has 6 atom stereocenters. The van der Waals surface area contributed by atoms with E-state index >= 15 is 0 Å². The van der Waals surface area contributed by atoms with Gasteiger partial charge in [0.05, 0.1) is 42.2 Å². The number of aliphatic hydroxyl groups excluding tert-OH is 2. The maximum Gasteiger partial charge on any atom is 0.315 e. The average molecular weight is 1030 g/mol. The lowest BCUT2D eigenvalue weighted by molar-refractivity contribution is -0.160. The van der Waals surface area contributed by atoms with Crippen LogP contribution in [0.2, 0.25) is 0 Å².